The molecule has 0 saturated heterocycles. The van der Waals surface area contributed by atoms with E-state index in [0.717, 1.165) is 42.8 Å². The Morgan fingerprint density at radius 1 is 1.26 bits per heavy atom. The molecule has 232 valence electrons. The number of amides is 1. The molecular formula is C34H43ClN2O5S. The van der Waals surface area contributed by atoms with Crippen molar-refractivity contribution in [1.82, 2.24) is 4.72 Å². The molecule has 0 unspecified atom stereocenters. The number of hydrogen-bond acceptors (Lipinski definition) is 6. The molecule has 0 bridgehead atoms. The van der Waals surface area contributed by atoms with Crippen LogP contribution in [0, 0.1) is 11.3 Å². The summed E-state index contributed by atoms with van der Waals surface area (Å²) >= 11 is 6.39. The largest absolute Gasteiger partial charge is 0.490 e. The van der Waals surface area contributed by atoms with E-state index in [1.807, 2.05) is 6.07 Å². The minimum absolute atomic E-state index is 0.195. The van der Waals surface area contributed by atoms with Gasteiger partial charge in [-0.1, -0.05) is 36.7 Å². The molecule has 1 spiro atoms. The average Bonchev–Trinajstić information content (AvgIpc) is 3.13. The number of benzene rings is 2. The Hall–Kier alpha value is -2.81. The van der Waals surface area contributed by atoms with Gasteiger partial charge < -0.3 is 14.7 Å². The normalized spacial score (nSPS) is 26.1. The highest BCUT2D eigenvalue weighted by Crippen LogP contribution is 2.52. The van der Waals surface area contributed by atoms with Crippen molar-refractivity contribution in [1.29, 1.82) is 0 Å². The molecule has 1 saturated carbocycles. The first-order chi connectivity index (χ1) is 20.4. The van der Waals surface area contributed by atoms with Crippen LogP contribution in [0.1, 0.15) is 73.9 Å². The summed E-state index contributed by atoms with van der Waals surface area (Å²) in [6, 6.07) is 11.3. The standard InChI is InChI=1S/C34H43ClN2O5S/c1-5-7-9-23(3)43(40,41)36-32(39)25-11-14-30-29(19-25)37(20-26-15-17-33(26,4)31(38)6-2)21-34(22-42-30)16-8-10-24-18-27(35)12-13-28(24)34/h5-6,11-14,18-19,23,26,31,38H,1-2,7-10,15-17,20-22H2,3-4H3,(H,36,39)/t23-,26-,31-,33+,34+/m1/s1. The molecule has 5 atom stereocenters. The number of aliphatic hydroxyl groups is 1. The van der Waals surface area contributed by atoms with Crippen LogP contribution in [0.3, 0.4) is 0 Å². The molecule has 0 aromatic heterocycles. The van der Waals surface area contributed by atoms with Crippen molar-refractivity contribution in [2.45, 2.75) is 75.6 Å². The summed E-state index contributed by atoms with van der Waals surface area (Å²) in [5.74, 6) is 0.183. The molecule has 43 heavy (non-hydrogen) atoms. The molecule has 7 nitrogen and oxygen atoms in total. The summed E-state index contributed by atoms with van der Waals surface area (Å²) in [5, 5.41) is 10.8. The van der Waals surface area contributed by atoms with Crippen LogP contribution in [0.5, 0.6) is 5.75 Å². The average molecular weight is 627 g/mol. The lowest BCUT2D eigenvalue weighted by molar-refractivity contribution is -0.0466. The number of aliphatic hydroxyl groups excluding tert-OH is 1. The maximum atomic E-state index is 13.3. The Morgan fingerprint density at radius 3 is 2.74 bits per heavy atom. The van der Waals surface area contributed by atoms with Gasteiger partial charge in [-0.15, -0.1) is 13.2 Å². The Morgan fingerprint density at radius 2 is 2.05 bits per heavy atom. The SMILES string of the molecule is C=CCC[C@@H](C)S(=O)(=O)NC(=O)c1ccc2c(c1)N(C[C@H]1CC[C@]1(C)[C@H](O)C=C)C[C@@]1(CCCc3cc(Cl)ccc31)CO2. The second-order valence-corrected chi connectivity index (χ2v) is 15.4. The van der Waals surface area contributed by atoms with Gasteiger partial charge >= 0.3 is 0 Å². The Labute approximate surface area is 261 Å². The number of aryl methyl sites for hydroxylation is 1. The van der Waals surface area contributed by atoms with Gasteiger partial charge in [0.15, 0.2) is 0 Å². The molecule has 1 heterocycles. The summed E-state index contributed by atoms with van der Waals surface area (Å²) < 4.78 is 34.6. The van der Waals surface area contributed by atoms with Crippen molar-refractivity contribution in [3.8, 4) is 5.75 Å². The first-order valence-corrected chi connectivity index (χ1v) is 17.1. The van der Waals surface area contributed by atoms with Crippen molar-refractivity contribution in [3.05, 3.63) is 83.4 Å². The smallest absolute Gasteiger partial charge is 0.264 e. The Balaban J connectivity index is 1.51. The number of halogens is 1. The van der Waals surface area contributed by atoms with E-state index in [2.05, 4.69) is 41.8 Å². The highest BCUT2D eigenvalue weighted by atomic mass is 35.5. The predicted octanol–water partition coefficient (Wildman–Crippen LogP) is 6.19. The number of ether oxygens (including phenoxy) is 1. The van der Waals surface area contributed by atoms with Crippen LogP contribution in [0.25, 0.3) is 0 Å². The van der Waals surface area contributed by atoms with Crippen LogP contribution in [-0.4, -0.2) is 50.5 Å². The van der Waals surface area contributed by atoms with E-state index in [-0.39, 0.29) is 22.3 Å². The lowest BCUT2D eigenvalue weighted by Crippen LogP contribution is -2.53. The second-order valence-electron chi connectivity index (χ2n) is 12.9. The predicted molar refractivity (Wildman–Crippen MR) is 173 cm³/mol. The van der Waals surface area contributed by atoms with Gasteiger partial charge in [0.2, 0.25) is 10.0 Å². The third-order valence-electron chi connectivity index (χ3n) is 10.1. The number of hydrogen-bond donors (Lipinski definition) is 2. The van der Waals surface area contributed by atoms with Crippen LogP contribution >= 0.6 is 11.6 Å². The lowest BCUT2D eigenvalue weighted by atomic mass is 9.58. The third-order valence-corrected chi connectivity index (χ3v) is 12.1. The zero-order valence-electron chi connectivity index (χ0n) is 25.1. The first-order valence-electron chi connectivity index (χ1n) is 15.2. The summed E-state index contributed by atoms with van der Waals surface area (Å²) in [6.45, 7) is 13.0. The van der Waals surface area contributed by atoms with E-state index in [1.54, 1.807) is 37.3 Å². The molecule has 1 fully saturated rings. The summed E-state index contributed by atoms with van der Waals surface area (Å²) in [4.78, 5) is 15.6. The maximum absolute atomic E-state index is 13.3. The van der Waals surface area contributed by atoms with Crippen molar-refractivity contribution >= 4 is 33.2 Å². The number of nitrogens with zero attached hydrogens (tertiary/aromatic N) is 1. The van der Waals surface area contributed by atoms with Crippen LogP contribution < -0.4 is 14.4 Å². The van der Waals surface area contributed by atoms with E-state index < -0.39 is 27.3 Å². The fourth-order valence-electron chi connectivity index (χ4n) is 7.08. The van der Waals surface area contributed by atoms with Crippen molar-refractivity contribution in [2.75, 3.05) is 24.6 Å². The van der Waals surface area contributed by atoms with Gasteiger partial charge in [0.25, 0.3) is 5.91 Å². The quantitative estimate of drug-likeness (QED) is 0.305. The van der Waals surface area contributed by atoms with E-state index in [9.17, 15) is 18.3 Å². The van der Waals surface area contributed by atoms with Crippen molar-refractivity contribution < 1.29 is 23.1 Å². The molecule has 2 aromatic rings. The van der Waals surface area contributed by atoms with Gasteiger partial charge in [-0.05, 0) is 99.2 Å². The van der Waals surface area contributed by atoms with Crippen molar-refractivity contribution in [3.63, 3.8) is 0 Å². The minimum Gasteiger partial charge on any atom is -0.490 e. The summed E-state index contributed by atoms with van der Waals surface area (Å²) in [6.07, 6.45) is 8.36. The van der Waals surface area contributed by atoms with E-state index in [1.165, 1.54) is 11.1 Å². The number of rotatable bonds is 10. The van der Waals surface area contributed by atoms with Crippen LogP contribution in [0.2, 0.25) is 5.02 Å². The molecule has 3 aliphatic rings. The van der Waals surface area contributed by atoms with Crippen LogP contribution in [-0.2, 0) is 21.9 Å². The number of fused-ring (bicyclic) bond motifs is 3. The zero-order valence-corrected chi connectivity index (χ0v) is 26.7. The van der Waals surface area contributed by atoms with Gasteiger partial charge in [0.1, 0.15) is 5.75 Å². The Bertz CT molecular complexity index is 1510. The molecule has 1 amide bonds. The highest BCUT2D eigenvalue weighted by molar-refractivity contribution is 7.90. The van der Waals surface area contributed by atoms with Gasteiger partial charge in [-0.2, -0.15) is 0 Å². The number of carbonyl (C=O) groups excluding carboxylic acids is 1. The first kappa shape index (κ1) is 31.6. The number of sulfonamides is 1. The van der Waals surface area contributed by atoms with E-state index in [0.29, 0.717) is 38.3 Å². The molecule has 0 radical (unpaired) electrons. The van der Waals surface area contributed by atoms with Crippen LogP contribution in [0.15, 0.2) is 61.7 Å². The summed E-state index contributed by atoms with van der Waals surface area (Å²) in [5.41, 5.74) is 2.89. The third kappa shape index (κ3) is 6.11. The fraction of sp³-hybridized carbons (Fsp3) is 0.500. The van der Waals surface area contributed by atoms with Gasteiger partial charge in [0, 0.05) is 34.5 Å². The molecule has 2 aromatic carbocycles. The molecule has 1 aliphatic heterocycles. The van der Waals surface area contributed by atoms with Crippen LogP contribution in [0.4, 0.5) is 5.69 Å². The molecule has 2 aliphatic carbocycles. The molecule has 2 N–H and O–H groups in total. The number of carbonyl (C=O) groups is 1. The van der Waals surface area contributed by atoms with E-state index >= 15 is 0 Å². The number of anilines is 1. The fourth-order valence-corrected chi connectivity index (χ4v) is 8.30. The Kier molecular flexibility index (Phi) is 9.04. The monoisotopic (exact) mass is 626 g/mol. The highest BCUT2D eigenvalue weighted by Gasteiger charge is 2.49. The van der Waals surface area contributed by atoms with Gasteiger partial charge in [-0.3, -0.25) is 4.79 Å². The van der Waals surface area contributed by atoms with Crippen molar-refractivity contribution in [2.24, 2.45) is 11.3 Å². The molecular weight excluding hydrogens is 584 g/mol. The van der Waals surface area contributed by atoms with E-state index in [4.69, 9.17) is 16.3 Å². The zero-order chi connectivity index (χ0) is 31.0. The molecule has 5 rings (SSSR count). The molecule has 9 heteroatoms. The summed E-state index contributed by atoms with van der Waals surface area (Å²) in [7, 11) is -3.86. The van der Waals surface area contributed by atoms with Gasteiger partial charge in [0.05, 0.1) is 23.6 Å². The van der Waals surface area contributed by atoms with Gasteiger partial charge in [-0.25, -0.2) is 13.1 Å². The number of nitrogens with one attached hydrogen (secondary N) is 1. The number of allylic oxidation sites excluding steroid dienone is 1. The maximum Gasteiger partial charge on any atom is 0.264 e. The minimum atomic E-state index is -3.86. The topological polar surface area (TPSA) is 95.9 Å². The lowest BCUT2D eigenvalue weighted by Gasteiger charge is -2.52. The second kappa shape index (κ2) is 12.3.